The Balaban J connectivity index is 2.92. The van der Waals surface area contributed by atoms with Gasteiger partial charge in [0.1, 0.15) is 5.02 Å². The monoisotopic (exact) mass is 268 g/mol. The molecule has 1 rings (SSSR count). The maximum absolute atomic E-state index is 11.9. The molecule has 0 aliphatic heterocycles. The zero-order valence-corrected chi connectivity index (χ0v) is 11.5. The molecule has 0 aliphatic rings. The van der Waals surface area contributed by atoms with Crippen LogP contribution in [0.5, 0.6) is 0 Å². The van der Waals surface area contributed by atoms with Crippen molar-refractivity contribution in [2.24, 2.45) is 0 Å². The van der Waals surface area contributed by atoms with Crippen molar-refractivity contribution < 1.29 is 0 Å². The van der Waals surface area contributed by atoms with Gasteiger partial charge in [0.2, 0.25) is 0 Å². The number of likely N-dealkylation sites (N-methyl/N-ethyl adjacent to an activating group) is 1. The first-order valence-electron chi connectivity index (χ1n) is 5.58. The molecule has 1 aromatic rings. The Labute approximate surface area is 112 Å². The highest BCUT2D eigenvalue weighted by atomic mass is 35.5. The summed E-state index contributed by atoms with van der Waals surface area (Å²) in [5.74, 6) is 2.50. The van der Waals surface area contributed by atoms with Crippen LogP contribution in [0.1, 0.15) is 6.92 Å². The van der Waals surface area contributed by atoms with Crippen LogP contribution in [0.3, 0.4) is 0 Å². The molecule has 1 unspecified atom stereocenters. The number of rotatable bonds is 5. The summed E-state index contributed by atoms with van der Waals surface area (Å²) in [6.45, 7) is 3.02. The summed E-state index contributed by atoms with van der Waals surface area (Å²) >= 11 is 6.00. The maximum atomic E-state index is 11.9. The van der Waals surface area contributed by atoms with E-state index in [4.69, 9.17) is 18.0 Å². The van der Waals surface area contributed by atoms with Crippen molar-refractivity contribution in [2.75, 3.05) is 26.0 Å². The molecule has 0 spiro atoms. The van der Waals surface area contributed by atoms with Gasteiger partial charge in [-0.25, -0.2) is 4.68 Å². The van der Waals surface area contributed by atoms with Gasteiger partial charge < -0.3 is 10.2 Å². The van der Waals surface area contributed by atoms with Crippen LogP contribution in [0.4, 0.5) is 5.69 Å². The summed E-state index contributed by atoms with van der Waals surface area (Å²) in [4.78, 5) is 13.9. The third-order valence-corrected chi connectivity index (χ3v) is 2.73. The van der Waals surface area contributed by atoms with Crippen LogP contribution in [-0.2, 0) is 6.54 Å². The fourth-order valence-corrected chi connectivity index (χ4v) is 1.50. The van der Waals surface area contributed by atoms with Crippen molar-refractivity contribution in [3.63, 3.8) is 0 Å². The standard InChI is InChI=1S/C12H17ClN4O/c1-5-9(2)15-10-8-14-17(7-6-16(3)4)12(18)11(10)13/h1,8-9,15H,6-7H2,2-4H3. The first-order valence-corrected chi connectivity index (χ1v) is 5.96. The zero-order chi connectivity index (χ0) is 13.7. The summed E-state index contributed by atoms with van der Waals surface area (Å²) in [5, 5.41) is 7.12. The Hall–Kier alpha value is -1.51. The van der Waals surface area contributed by atoms with Gasteiger partial charge in [-0.3, -0.25) is 4.79 Å². The van der Waals surface area contributed by atoms with Crippen LogP contribution in [0.2, 0.25) is 5.02 Å². The van der Waals surface area contributed by atoms with E-state index < -0.39 is 0 Å². The van der Waals surface area contributed by atoms with Gasteiger partial charge in [0.25, 0.3) is 5.56 Å². The van der Waals surface area contributed by atoms with E-state index in [1.807, 2.05) is 19.0 Å². The van der Waals surface area contributed by atoms with Gasteiger partial charge in [-0.15, -0.1) is 6.42 Å². The number of aromatic nitrogens is 2. The third kappa shape index (κ3) is 3.76. The van der Waals surface area contributed by atoms with Crippen LogP contribution >= 0.6 is 11.6 Å². The lowest BCUT2D eigenvalue weighted by Crippen LogP contribution is -2.29. The molecule has 1 aromatic heterocycles. The molecule has 1 N–H and O–H groups in total. The van der Waals surface area contributed by atoms with E-state index in [-0.39, 0.29) is 16.6 Å². The van der Waals surface area contributed by atoms with Crippen molar-refractivity contribution in [3.8, 4) is 12.3 Å². The molecule has 0 bridgehead atoms. The molecular formula is C12H17ClN4O. The molecule has 1 heterocycles. The molecule has 1 atom stereocenters. The van der Waals surface area contributed by atoms with E-state index in [1.54, 1.807) is 6.92 Å². The smallest absolute Gasteiger partial charge is 0.287 e. The van der Waals surface area contributed by atoms with Gasteiger partial charge in [-0.2, -0.15) is 5.10 Å². The van der Waals surface area contributed by atoms with E-state index >= 15 is 0 Å². The minimum Gasteiger partial charge on any atom is -0.369 e. The average molecular weight is 269 g/mol. The topological polar surface area (TPSA) is 50.2 Å². The lowest BCUT2D eigenvalue weighted by atomic mass is 10.3. The molecule has 5 nitrogen and oxygen atoms in total. The number of halogens is 1. The average Bonchev–Trinajstić information content (AvgIpc) is 2.33. The Morgan fingerprint density at radius 1 is 1.67 bits per heavy atom. The van der Waals surface area contributed by atoms with Gasteiger partial charge in [0, 0.05) is 6.54 Å². The minimum absolute atomic E-state index is 0.117. The SMILES string of the molecule is C#CC(C)Nc1cnn(CCN(C)C)c(=O)c1Cl. The van der Waals surface area contributed by atoms with Crippen LogP contribution in [0.25, 0.3) is 0 Å². The molecule has 0 saturated heterocycles. The van der Waals surface area contributed by atoms with Gasteiger partial charge in [-0.1, -0.05) is 17.5 Å². The van der Waals surface area contributed by atoms with E-state index in [0.29, 0.717) is 12.2 Å². The van der Waals surface area contributed by atoms with Gasteiger partial charge in [-0.05, 0) is 21.0 Å². The zero-order valence-electron chi connectivity index (χ0n) is 10.8. The fraction of sp³-hybridized carbons (Fsp3) is 0.500. The summed E-state index contributed by atoms with van der Waals surface area (Å²) in [6, 6.07) is -0.207. The number of anilines is 1. The van der Waals surface area contributed by atoms with Crippen molar-refractivity contribution in [1.82, 2.24) is 14.7 Å². The Morgan fingerprint density at radius 3 is 2.89 bits per heavy atom. The molecule has 0 fully saturated rings. The predicted molar refractivity (Wildman–Crippen MR) is 74.0 cm³/mol. The lowest BCUT2D eigenvalue weighted by Gasteiger charge is -2.13. The summed E-state index contributed by atoms with van der Waals surface area (Å²) in [5.41, 5.74) is 0.154. The van der Waals surface area contributed by atoms with Crippen LogP contribution < -0.4 is 10.9 Å². The Kier molecular flexibility index (Phi) is 5.20. The summed E-state index contributed by atoms with van der Waals surface area (Å²) in [6.07, 6.45) is 6.78. The van der Waals surface area contributed by atoms with Crippen molar-refractivity contribution in [2.45, 2.75) is 19.5 Å². The molecule has 18 heavy (non-hydrogen) atoms. The molecule has 0 aromatic carbocycles. The number of nitrogens with zero attached hydrogens (tertiary/aromatic N) is 3. The largest absolute Gasteiger partial charge is 0.369 e. The third-order valence-electron chi connectivity index (χ3n) is 2.37. The molecule has 0 aliphatic carbocycles. The van der Waals surface area contributed by atoms with Gasteiger partial charge in [0.05, 0.1) is 24.5 Å². The quantitative estimate of drug-likeness (QED) is 0.806. The van der Waals surface area contributed by atoms with E-state index in [2.05, 4.69) is 16.3 Å². The molecule has 0 amide bonds. The van der Waals surface area contributed by atoms with Crippen LogP contribution in [-0.4, -0.2) is 41.4 Å². The van der Waals surface area contributed by atoms with E-state index in [0.717, 1.165) is 6.54 Å². The second-order valence-corrected chi connectivity index (χ2v) is 4.61. The van der Waals surface area contributed by atoms with Gasteiger partial charge in [0.15, 0.2) is 0 Å². The molecule has 0 radical (unpaired) electrons. The van der Waals surface area contributed by atoms with Gasteiger partial charge >= 0.3 is 0 Å². The van der Waals surface area contributed by atoms with E-state index in [1.165, 1.54) is 10.9 Å². The highest BCUT2D eigenvalue weighted by Crippen LogP contribution is 2.15. The molecule has 98 valence electrons. The van der Waals surface area contributed by atoms with Crippen LogP contribution in [0, 0.1) is 12.3 Å². The normalized spacial score (nSPS) is 12.2. The minimum atomic E-state index is -0.312. The lowest BCUT2D eigenvalue weighted by molar-refractivity contribution is 0.367. The molecular weight excluding hydrogens is 252 g/mol. The summed E-state index contributed by atoms with van der Waals surface area (Å²) < 4.78 is 1.34. The Bertz CT molecular complexity index is 504. The van der Waals surface area contributed by atoms with Crippen molar-refractivity contribution >= 4 is 17.3 Å². The number of hydrogen-bond donors (Lipinski definition) is 1. The fourth-order valence-electron chi connectivity index (χ4n) is 1.29. The van der Waals surface area contributed by atoms with Crippen molar-refractivity contribution in [1.29, 1.82) is 0 Å². The van der Waals surface area contributed by atoms with Crippen molar-refractivity contribution in [3.05, 3.63) is 21.6 Å². The molecule has 0 saturated carbocycles. The number of hydrogen-bond acceptors (Lipinski definition) is 4. The second-order valence-electron chi connectivity index (χ2n) is 4.24. The van der Waals surface area contributed by atoms with Crippen LogP contribution in [0.15, 0.2) is 11.0 Å². The maximum Gasteiger partial charge on any atom is 0.287 e. The Morgan fingerprint density at radius 2 is 2.33 bits per heavy atom. The highest BCUT2D eigenvalue weighted by Gasteiger charge is 2.10. The first kappa shape index (κ1) is 14.6. The number of terminal acetylenes is 1. The van der Waals surface area contributed by atoms with E-state index in [9.17, 15) is 4.79 Å². The summed E-state index contributed by atoms with van der Waals surface area (Å²) in [7, 11) is 3.86. The predicted octanol–water partition coefficient (Wildman–Crippen LogP) is 0.892. The molecule has 6 heteroatoms. The second kappa shape index (κ2) is 6.43. The highest BCUT2D eigenvalue weighted by molar-refractivity contribution is 6.32. The first-order chi connectivity index (χ1) is 8.45. The number of nitrogens with one attached hydrogen (secondary N) is 1.